The van der Waals surface area contributed by atoms with E-state index in [4.69, 9.17) is 4.74 Å². The zero-order valence-corrected chi connectivity index (χ0v) is 16.8. The molecule has 0 radical (unpaired) electrons. The zero-order valence-electron chi connectivity index (χ0n) is 16.8. The van der Waals surface area contributed by atoms with Gasteiger partial charge in [0.2, 0.25) is 5.91 Å². The van der Waals surface area contributed by atoms with Crippen LogP contribution in [0, 0.1) is 12.8 Å². The maximum absolute atomic E-state index is 13.6. The number of hydrogen-bond acceptors (Lipinski definition) is 3. The van der Waals surface area contributed by atoms with Crippen molar-refractivity contribution >= 4 is 11.7 Å². The Hall–Kier alpha value is -2.57. The number of amides is 1. The highest BCUT2D eigenvalue weighted by Crippen LogP contribution is 2.41. The number of hydrogen-bond donors (Lipinski definition) is 0. The molecule has 1 aromatic carbocycles. The van der Waals surface area contributed by atoms with Gasteiger partial charge < -0.3 is 4.74 Å². The standard InChI is InChI=1S/C22H25F3N2O2/c1-14-11-12-26-20(19(14)15(2)22(23,24)25)27(21(28)17-5-4-6-17)13-16-7-9-18(29-3)10-8-16/h7-12,15,17H,4-6,13H2,1-3H3. The third kappa shape index (κ3) is 4.54. The molecule has 1 heterocycles. The number of pyridine rings is 1. The van der Waals surface area contributed by atoms with Crippen LogP contribution in [0.3, 0.4) is 0 Å². The molecule has 1 fully saturated rings. The Morgan fingerprint density at radius 1 is 1.24 bits per heavy atom. The van der Waals surface area contributed by atoms with E-state index in [9.17, 15) is 18.0 Å². The van der Waals surface area contributed by atoms with Crippen molar-refractivity contribution in [3.05, 3.63) is 53.2 Å². The molecule has 0 N–H and O–H groups in total. The average Bonchev–Trinajstić information content (AvgIpc) is 2.63. The minimum atomic E-state index is -4.42. The lowest BCUT2D eigenvalue weighted by Crippen LogP contribution is -2.40. The number of carbonyl (C=O) groups excluding carboxylic acids is 1. The number of aromatic nitrogens is 1. The lowest BCUT2D eigenvalue weighted by atomic mass is 9.84. The van der Waals surface area contributed by atoms with Gasteiger partial charge in [-0.2, -0.15) is 13.2 Å². The number of anilines is 1. The summed E-state index contributed by atoms with van der Waals surface area (Å²) in [7, 11) is 1.56. The van der Waals surface area contributed by atoms with Crippen molar-refractivity contribution in [1.82, 2.24) is 4.98 Å². The molecule has 0 bridgehead atoms. The van der Waals surface area contributed by atoms with Crippen molar-refractivity contribution in [2.75, 3.05) is 12.0 Å². The molecule has 0 aliphatic heterocycles. The molecule has 1 aliphatic carbocycles. The van der Waals surface area contributed by atoms with E-state index >= 15 is 0 Å². The van der Waals surface area contributed by atoms with E-state index in [1.165, 1.54) is 11.1 Å². The van der Waals surface area contributed by atoms with Crippen molar-refractivity contribution in [2.45, 2.75) is 51.7 Å². The number of ether oxygens (including phenoxy) is 1. The summed E-state index contributed by atoms with van der Waals surface area (Å²) in [6, 6.07) is 8.71. The van der Waals surface area contributed by atoms with Crippen LogP contribution >= 0.6 is 0 Å². The molecule has 1 aliphatic rings. The normalized spacial score (nSPS) is 15.5. The lowest BCUT2D eigenvalue weighted by molar-refractivity contribution is -0.146. The van der Waals surface area contributed by atoms with Crippen LogP contribution in [0.4, 0.5) is 19.0 Å². The van der Waals surface area contributed by atoms with Crippen molar-refractivity contribution in [1.29, 1.82) is 0 Å². The average molecular weight is 406 g/mol. The molecule has 1 saturated carbocycles. The first-order valence-corrected chi connectivity index (χ1v) is 9.69. The Kier molecular flexibility index (Phi) is 6.15. The molecule has 156 valence electrons. The van der Waals surface area contributed by atoms with Gasteiger partial charge in [0.15, 0.2) is 0 Å². The summed E-state index contributed by atoms with van der Waals surface area (Å²) < 4.78 is 45.8. The predicted octanol–water partition coefficient (Wildman–Crippen LogP) is 5.40. The SMILES string of the molecule is COc1ccc(CN(C(=O)C2CCC2)c2nccc(C)c2C(C)C(F)(F)F)cc1. The second-order valence-corrected chi connectivity index (χ2v) is 7.53. The van der Waals surface area contributed by atoms with E-state index in [2.05, 4.69) is 4.98 Å². The number of halogens is 3. The smallest absolute Gasteiger partial charge is 0.395 e. The molecule has 1 aromatic heterocycles. The van der Waals surface area contributed by atoms with Crippen LogP contribution in [0.5, 0.6) is 5.75 Å². The maximum atomic E-state index is 13.6. The van der Waals surface area contributed by atoms with Gasteiger partial charge in [0.1, 0.15) is 11.6 Å². The summed E-state index contributed by atoms with van der Waals surface area (Å²) in [5.41, 5.74) is 1.33. The topological polar surface area (TPSA) is 42.4 Å². The van der Waals surface area contributed by atoms with Gasteiger partial charge in [0.25, 0.3) is 0 Å². The molecule has 3 rings (SSSR count). The second-order valence-electron chi connectivity index (χ2n) is 7.53. The van der Waals surface area contributed by atoms with Gasteiger partial charge in [-0.1, -0.05) is 18.6 Å². The molecule has 4 nitrogen and oxygen atoms in total. The van der Waals surface area contributed by atoms with E-state index in [0.717, 1.165) is 31.7 Å². The summed E-state index contributed by atoms with van der Waals surface area (Å²) in [5.74, 6) is -1.28. The van der Waals surface area contributed by atoms with Crippen molar-refractivity contribution in [3.8, 4) is 5.75 Å². The van der Waals surface area contributed by atoms with Gasteiger partial charge in [-0.3, -0.25) is 9.69 Å². The number of aryl methyl sites for hydroxylation is 1. The Balaban J connectivity index is 2.04. The number of rotatable bonds is 6. The van der Waals surface area contributed by atoms with Gasteiger partial charge in [-0.05, 0) is 56.0 Å². The fourth-order valence-corrected chi connectivity index (χ4v) is 3.52. The van der Waals surface area contributed by atoms with Gasteiger partial charge in [0, 0.05) is 17.7 Å². The third-order valence-electron chi connectivity index (χ3n) is 5.59. The van der Waals surface area contributed by atoms with E-state index in [-0.39, 0.29) is 29.8 Å². The zero-order chi connectivity index (χ0) is 21.2. The number of alkyl halides is 3. The molecule has 0 spiro atoms. The van der Waals surface area contributed by atoms with Gasteiger partial charge in [0.05, 0.1) is 19.6 Å². The van der Waals surface area contributed by atoms with Gasteiger partial charge in [-0.15, -0.1) is 0 Å². The maximum Gasteiger partial charge on any atom is 0.395 e. The van der Waals surface area contributed by atoms with Crippen molar-refractivity contribution in [3.63, 3.8) is 0 Å². The first-order valence-electron chi connectivity index (χ1n) is 9.69. The summed E-state index contributed by atoms with van der Waals surface area (Å²) in [6.45, 7) is 2.91. The molecule has 1 atom stereocenters. The van der Waals surface area contributed by atoms with Crippen LogP contribution in [0.15, 0.2) is 36.5 Å². The van der Waals surface area contributed by atoms with Gasteiger partial charge in [-0.25, -0.2) is 4.98 Å². The minimum absolute atomic E-state index is 0.0567. The Morgan fingerprint density at radius 3 is 2.41 bits per heavy atom. The quantitative estimate of drug-likeness (QED) is 0.645. The minimum Gasteiger partial charge on any atom is -0.497 e. The number of methoxy groups -OCH3 is 1. The molecule has 0 saturated heterocycles. The molecule has 1 amide bonds. The first-order chi connectivity index (χ1) is 13.7. The van der Waals surface area contributed by atoms with Gasteiger partial charge >= 0.3 is 6.18 Å². The second kappa shape index (κ2) is 8.43. The lowest BCUT2D eigenvalue weighted by Gasteiger charge is -2.33. The van der Waals surface area contributed by atoms with Crippen LogP contribution in [0.25, 0.3) is 0 Å². The predicted molar refractivity (Wildman–Crippen MR) is 105 cm³/mol. The summed E-state index contributed by atoms with van der Waals surface area (Å²) in [4.78, 5) is 18.8. The van der Waals surface area contributed by atoms with Crippen LogP contribution in [-0.4, -0.2) is 24.2 Å². The Bertz CT molecular complexity index is 861. The van der Waals surface area contributed by atoms with Crippen LogP contribution in [0.1, 0.15) is 48.8 Å². The van der Waals surface area contributed by atoms with Crippen LogP contribution in [-0.2, 0) is 11.3 Å². The monoisotopic (exact) mass is 406 g/mol. The van der Waals surface area contributed by atoms with Crippen molar-refractivity contribution < 1.29 is 22.7 Å². The molecular weight excluding hydrogens is 381 g/mol. The highest BCUT2D eigenvalue weighted by atomic mass is 19.4. The fourth-order valence-electron chi connectivity index (χ4n) is 3.52. The number of nitrogens with zero attached hydrogens (tertiary/aromatic N) is 2. The highest BCUT2D eigenvalue weighted by molar-refractivity contribution is 5.95. The number of carbonyl (C=O) groups is 1. The number of benzene rings is 1. The van der Waals surface area contributed by atoms with E-state index in [1.54, 1.807) is 32.2 Å². The molecule has 29 heavy (non-hydrogen) atoms. The molecule has 1 unspecified atom stereocenters. The first kappa shape index (κ1) is 21.1. The summed E-state index contributed by atoms with van der Waals surface area (Å²) >= 11 is 0. The third-order valence-corrected chi connectivity index (χ3v) is 5.59. The Morgan fingerprint density at radius 2 is 1.90 bits per heavy atom. The highest BCUT2D eigenvalue weighted by Gasteiger charge is 2.41. The van der Waals surface area contributed by atoms with E-state index < -0.39 is 12.1 Å². The Labute approximate surface area is 168 Å². The van der Waals surface area contributed by atoms with Crippen LogP contribution < -0.4 is 9.64 Å². The molecule has 2 aromatic rings. The van der Waals surface area contributed by atoms with E-state index in [0.29, 0.717) is 11.3 Å². The van der Waals surface area contributed by atoms with E-state index in [1.807, 2.05) is 12.1 Å². The van der Waals surface area contributed by atoms with Crippen LogP contribution in [0.2, 0.25) is 0 Å². The fraction of sp³-hybridized carbons (Fsp3) is 0.455. The largest absolute Gasteiger partial charge is 0.497 e. The van der Waals surface area contributed by atoms with Crippen molar-refractivity contribution in [2.24, 2.45) is 5.92 Å². The summed E-state index contributed by atoms with van der Waals surface area (Å²) in [6.07, 6.45) is -0.484. The summed E-state index contributed by atoms with van der Waals surface area (Å²) in [5, 5.41) is 0. The molecule has 7 heteroatoms. The molecular formula is C22H25F3N2O2.